The Morgan fingerprint density at radius 2 is 2.31 bits per heavy atom. The molecule has 3 nitrogen and oxygen atoms in total. The lowest BCUT2D eigenvalue weighted by Crippen LogP contribution is -1.89. The molecule has 0 N–H and O–H groups in total. The van der Waals surface area contributed by atoms with Crippen molar-refractivity contribution in [1.29, 1.82) is 0 Å². The summed E-state index contributed by atoms with van der Waals surface area (Å²) in [5.74, 6) is 0. The smallest absolute Gasteiger partial charge is 0.258 e. The van der Waals surface area contributed by atoms with E-state index in [0.717, 1.165) is 5.56 Å². The summed E-state index contributed by atoms with van der Waals surface area (Å²) in [6.45, 7) is 3.56. The van der Waals surface area contributed by atoms with E-state index in [2.05, 4.69) is 6.58 Å². The van der Waals surface area contributed by atoms with Gasteiger partial charge in [0, 0.05) is 12.1 Å². The van der Waals surface area contributed by atoms with Crippen LogP contribution in [0.3, 0.4) is 0 Å². The first-order valence-corrected chi connectivity index (χ1v) is 4.06. The maximum Gasteiger partial charge on any atom is 0.270 e. The molecule has 0 bridgehead atoms. The predicted octanol–water partition coefficient (Wildman–Crippen LogP) is 2.98. The number of nitro groups is 1. The van der Waals surface area contributed by atoms with Crippen LogP contribution < -0.4 is 0 Å². The third-order valence-electron chi connectivity index (χ3n) is 1.61. The molecule has 0 saturated carbocycles. The van der Waals surface area contributed by atoms with E-state index in [1.54, 1.807) is 12.1 Å². The van der Waals surface area contributed by atoms with Crippen molar-refractivity contribution < 1.29 is 4.92 Å². The van der Waals surface area contributed by atoms with Gasteiger partial charge in [-0.3, -0.25) is 10.1 Å². The fraction of sp³-hybridized carbons (Fsp3) is 0.111. The Bertz CT molecular complexity index is 349. The molecule has 0 aliphatic carbocycles. The van der Waals surface area contributed by atoms with E-state index < -0.39 is 4.92 Å². The molecule has 0 saturated heterocycles. The second-order valence-electron chi connectivity index (χ2n) is 2.53. The second kappa shape index (κ2) is 4.05. The molecule has 0 spiro atoms. The van der Waals surface area contributed by atoms with Crippen LogP contribution >= 0.6 is 11.6 Å². The molecule has 0 atom stereocenters. The molecule has 1 aromatic carbocycles. The van der Waals surface area contributed by atoms with Crippen molar-refractivity contribution in [2.75, 3.05) is 0 Å². The van der Waals surface area contributed by atoms with Crippen LogP contribution in [0.5, 0.6) is 0 Å². The third kappa shape index (κ3) is 2.29. The van der Waals surface area contributed by atoms with Gasteiger partial charge in [-0.05, 0) is 12.0 Å². The molecule has 68 valence electrons. The molecule has 0 amide bonds. The molecule has 13 heavy (non-hydrogen) atoms. The van der Waals surface area contributed by atoms with Crippen LogP contribution in [0.15, 0.2) is 30.9 Å². The number of halogens is 1. The van der Waals surface area contributed by atoms with Crippen molar-refractivity contribution >= 4 is 17.3 Å². The Labute approximate surface area is 80.8 Å². The first kappa shape index (κ1) is 9.74. The van der Waals surface area contributed by atoms with Crippen LogP contribution in [0.1, 0.15) is 5.56 Å². The van der Waals surface area contributed by atoms with E-state index >= 15 is 0 Å². The highest BCUT2D eigenvalue weighted by Gasteiger charge is 2.07. The maximum atomic E-state index is 10.3. The van der Waals surface area contributed by atoms with Gasteiger partial charge in [0.1, 0.15) is 0 Å². The van der Waals surface area contributed by atoms with Crippen LogP contribution in [-0.2, 0) is 6.42 Å². The Kier molecular flexibility index (Phi) is 3.03. The van der Waals surface area contributed by atoms with E-state index in [9.17, 15) is 10.1 Å². The molecule has 1 rings (SSSR count). The van der Waals surface area contributed by atoms with Crippen LogP contribution in [0.25, 0.3) is 0 Å². The van der Waals surface area contributed by atoms with Gasteiger partial charge in [0.05, 0.1) is 9.95 Å². The summed E-state index contributed by atoms with van der Waals surface area (Å²) in [6, 6.07) is 4.42. The lowest BCUT2D eigenvalue weighted by molar-refractivity contribution is -0.384. The molecule has 0 aliphatic heterocycles. The lowest BCUT2D eigenvalue weighted by atomic mass is 10.1. The van der Waals surface area contributed by atoms with Crippen LogP contribution in [-0.4, -0.2) is 4.92 Å². The zero-order valence-corrected chi connectivity index (χ0v) is 7.62. The van der Waals surface area contributed by atoms with Crippen molar-refractivity contribution in [3.8, 4) is 0 Å². The number of benzene rings is 1. The van der Waals surface area contributed by atoms with E-state index in [1.807, 2.05) is 0 Å². The topological polar surface area (TPSA) is 43.1 Å². The number of allylic oxidation sites excluding steroid dienone is 1. The van der Waals surface area contributed by atoms with Crippen molar-refractivity contribution in [3.63, 3.8) is 0 Å². The minimum atomic E-state index is -0.469. The van der Waals surface area contributed by atoms with Gasteiger partial charge in [0.2, 0.25) is 0 Å². The van der Waals surface area contributed by atoms with Crippen LogP contribution in [0.4, 0.5) is 5.69 Å². The van der Waals surface area contributed by atoms with Gasteiger partial charge in [-0.2, -0.15) is 0 Å². The summed E-state index contributed by atoms with van der Waals surface area (Å²) >= 11 is 5.80. The third-order valence-corrected chi connectivity index (χ3v) is 1.96. The summed E-state index contributed by atoms with van der Waals surface area (Å²) in [4.78, 5) is 9.88. The summed E-state index contributed by atoms with van der Waals surface area (Å²) in [7, 11) is 0. The minimum Gasteiger partial charge on any atom is -0.258 e. The lowest BCUT2D eigenvalue weighted by Gasteiger charge is -1.99. The number of nitrogens with zero attached hydrogens (tertiary/aromatic N) is 1. The first-order valence-electron chi connectivity index (χ1n) is 3.69. The Hall–Kier alpha value is -1.35. The van der Waals surface area contributed by atoms with Gasteiger partial charge in [0.25, 0.3) is 5.69 Å². The summed E-state index contributed by atoms with van der Waals surface area (Å²) in [6.07, 6.45) is 2.32. The molecule has 0 unspecified atom stereocenters. The van der Waals surface area contributed by atoms with Crippen LogP contribution in [0, 0.1) is 10.1 Å². The van der Waals surface area contributed by atoms with Crippen molar-refractivity contribution in [2.24, 2.45) is 0 Å². The molecule has 0 radical (unpaired) electrons. The van der Waals surface area contributed by atoms with Gasteiger partial charge in [-0.25, -0.2) is 0 Å². The summed E-state index contributed by atoms with van der Waals surface area (Å²) in [5, 5.41) is 10.8. The fourth-order valence-corrected chi connectivity index (χ4v) is 1.22. The SMILES string of the molecule is C=CCc1ccc([N+](=O)[O-])cc1Cl. The molecular formula is C9H8ClNO2. The number of hydrogen-bond acceptors (Lipinski definition) is 2. The normalized spacial score (nSPS) is 9.62. The Balaban J connectivity index is 3.04. The molecule has 0 heterocycles. The molecule has 0 fully saturated rings. The van der Waals surface area contributed by atoms with E-state index in [-0.39, 0.29) is 5.69 Å². The molecule has 0 aliphatic rings. The first-order chi connectivity index (χ1) is 6.15. The van der Waals surface area contributed by atoms with E-state index in [0.29, 0.717) is 11.4 Å². The highest BCUT2D eigenvalue weighted by atomic mass is 35.5. The van der Waals surface area contributed by atoms with E-state index in [1.165, 1.54) is 12.1 Å². The van der Waals surface area contributed by atoms with Gasteiger partial charge >= 0.3 is 0 Å². The highest BCUT2D eigenvalue weighted by Crippen LogP contribution is 2.22. The van der Waals surface area contributed by atoms with Gasteiger partial charge in [-0.15, -0.1) is 6.58 Å². The molecule has 4 heteroatoms. The Morgan fingerprint density at radius 3 is 2.77 bits per heavy atom. The standard InChI is InChI=1S/C9H8ClNO2/c1-2-3-7-4-5-8(11(12)13)6-9(7)10/h2,4-6H,1,3H2. The summed E-state index contributed by atoms with van der Waals surface area (Å²) < 4.78 is 0. The van der Waals surface area contributed by atoms with Crippen molar-refractivity contribution in [1.82, 2.24) is 0 Å². The number of rotatable bonds is 3. The van der Waals surface area contributed by atoms with Crippen molar-refractivity contribution in [2.45, 2.75) is 6.42 Å². The monoisotopic (exact) mass is 197 g/mol. The van der Waals surface area contributed by atoms with E-state index in [4.69, 9.17) is 11.6 Å². The van der Waals surface area contributed by atoms with Gasteiger partial charge in [-0.1, -0.05) is 23.7 Å². The maximum absolute atomic E-state index is 10.3. The highest BCUT2D eigenvalue weighted by molar-refractivity contribution is 6.31. The van der Waals surface area contributed by atoms with Crippen LogP contribution in [0.2, 0.25) is 5.02 Å². The van der Waals surface area contributed by atoms with Gasteiger partial charge in [0.15, 0.2) is 0 Å². The minimum absolute atomic E-state index is 0.0119. The number of hydrogen-bond donors (Lipinski definition) is 0. The fourth-order valence-electron chi connectivity index (χ4n) is 0.971. The number of non-ortho nitro benzene ring substituents is 1. The quantitative estimate of drug-likeness (QED) is 0.425. The molecule has 1 aromatic rings. The zero-order chi connectivity index (χ0) is 9.84. The summed E-state index contributed by atoms with van der Waals surface area (Å²) in [5.41, 5.74) is 0.861. The van der Waals surface area contributed by atoms with Gasteiger partial charge < -0.3 is 0 Å². The zero-order valence-electron chi connectivity index (χ0n) is 6.87. The molecule has 0 aromatic heterocycles. The van der Waals surface area contributed by atoms with Crippen molar-refractivity contribution in [3.05, 3.63) is 51.6 Å². The average Bonchev–Trinajstić information content (AvgIpc) is 2.08. The predicted molar refractivity (Wildman–Crippen MR) is 52.0 cm³/mol. The largest absolute Gasteiger partial charge is 0.270 e. The average molecular weight is 198 g/mol. The Morgan fingerprint density at radius 1 is 1.62 bits per heavy atom. The number of nitro benzene ring substituents is 1. The molecular weight excluding hydrogens is 190 g/mol. The second-order valence-corrected chi connectivity index (χ2v) is 2.93.